The predicted molar refractivity (Wildman–Crippen MR) is 125 cm³/mol. The molecule has 164 valence electrons. The first-order valence-corrected chi connectivity index (χ1v) is 11.8. The van der Waals surface area contributed by atoms with E-state index < -0.39 is 5.60 Å². The molecule has 1 fully saturated rings. The van der Waals surface area contributed by atoms with Crippen LogP contribution in [0.5, 0.6) is 5.75 Å². The molecule has 3 heteroatoms. The van der Waals surface area contributed by atoms with Crippen molar-refractivity contribution < 1.29 is 9.84 Å². The first kappa shape index (κ1) is 22.8. The number of benzene rings is 2. The Morgan fingerprint density at radius 3 is 2.23 bits per heavy atom. The zero-order chi connectivity index (χ0) is 21.4. The average molecular weight is 410 g/mol. The van der Waals surface area contributed by atoms with Crippen molar-refractivity contribution in [1.29, 1.82) is 0 Å². The number of aliphatic hydroxyl groups is 1. The number of ether oxygens (including phenoxy) is 1. The molecular formula is C27H39NO2. The van der Waals surface area contributed by atoms with Gasteiger partial charge in [-0.25, -0.2) is 0 Å². The molecule has 1 N–H and O–H groups in total. The van der Waals surface area contributed by atoms with Gasteiger partial charge in [0, 0.05) is 12.5 Å². The van der Waals surface area contributed by atoms with Crippen molar-refractivity contribution in [3.63, 3.8) is 0 Å². The van der Waals surface area contributed by atoms with Crippen molar-refractivity contribution in [1.82, 2.24) is 4.90 Å². The van der Waals surface area contributed by atoms with Gasteiger partial charge in [-0.05, 0) is 74.9 Å². The van der Waals surface area contributed by atoms with Crippen molar-refractivity contribution in [2.45, 2.75) is 64.4 Å². The highest BCUT2D eigenvalue weighted by atomic mass is 16.5. The van der Waals surface area contributed by atoms with E-state index in [1.165, 1.54) is 24.8 Å². The van der Waals surface area contributed by atoms with E-state index in [1.54, 1.807) is 0 Å². The van der Waals surface area contributed by atoms with E-state index in [9.17, 15) is 5.11 Å². The fraction of sp³-hybridized carbons (Fsp3) is 0.556. The number of rotatable bonds is 10. The highest BCUT2D eigenvalue weighted by Gasteiger charge is 2.40. The maximum atomic E-state index is 12.3. The topological polar surface area (TPSA) is 32.7 Å². The van der Waals surface area contributed by atoms with E-state index >= 15 is 0 Å². The van der Waals surface area contributed by atoms with Crippen LogP contribution in [0.25, 0.3) is 0 Å². The van der Waals surface area contributed by atoms with Crippen LogP contribution in [-0.2, 0) is 5.60 Å². The van der Waals surface area contributed by atoms with Gasteiger partial charge in [-0.3, -0.25) is 0 Å². The van der Waals surface area contributed by atoms with Crippen LogP contribution < -0.4 is 4.74 Å². The second-order valence-electron chi connectivity index (χ2n) is 9.14. The van der Waals surface area contributed by atoms with Gasteiger partial charge in [-0.15, -0.1) is 0 Å². The summed E-state index contributed by atoms with van der Waals surface area (Å²) in [5, 5.41) is 12.3. The van der Waals surface area contributed by atoms with Crippen molar-refractivity contribution in [2.75, 3.05) is 26.2 Å². The van der Waals surface area contributed by atoms with Gasteiger partial charge >= 0.3 is 0 Å². The van der Waals surface area contributed by atoms with E-state index in [0.29, 0.717) is 12.5 Å². The maximum Gasteiger partial charge on any atom is 0.119 e. The van der Waals surface area contributed by atoms with Crippen LogP contribution in [0.3, 0.4) is 0 Å². The molecule has 3 rings (SSSR count). The molecule has 3 nitrogen and oxygen atoms in total. The van der Waals surface area contributed by atoms with E-state index in [-0.39, 0.29) is 5.92 Å². The Bertz CT molecular complexity index is 737. The summed E-state index contributed by atoms with van der Waals surface area (Å²) in [5.74, 6) is 1.44. The quantitative estimate of drug-likeness (QED) is 0.524. The summed E-state index contributed by atoms with van der Waals surface area (Å²) in [6.45, 7) is 10.3. The van der Waals surface area contributed by atoms with Crippen LogP contribution in [-0.4, -0.2) is 36.2 Å². The van der Waals surface area contributed by atoms with Crippen molar-refractivity contribution in [2.24, 2.45) is 5.92 Å². The first-order chi connectivity index (χ1) is 14.5. The fourth-order valence-electron chi connectivity index (χ4n) is 4.65. The molecule has 0 amide bonds. The minimum absolute atomic E-state index is 0.0356. The molecule has 0 radical (unpaired) electrons. The monoisotopic (exact) mass is 409 g/mol. The highest BCUT2D eigenvalue weighted by Crippen LogP contribution is 2.42. The van der Waals surface area contributed by atoms with E-state index in [4.69, 9.17) is 4.74 Å². The summed E-state index contributed by atoms with van der Waals surface area (Å²) in [4.78, 5) is 2.55. The Hall–Kier alpha value is -1.84. The van der Waals surface area contributed by atoms with E-state index in [1.807, 2.05) is 19.1 Å². The van der Waals surface area contributed by atoms with Crippen molar-refractivity contribution in [3.05, 3.63) is 65.7 Å². The molecule has 0 aromatic heterocycles. The summed E-state index contributed by atoms with van der Waals surface area (Å²) in [7, 11) is 0. The third-order valence-electron chi connectivity index (χ3n) is 6.44. The van der Waals surface area contributed by atoms with Gasteiger partial charge in [0.25, 0.3) is 0 Å². The van der Waals surface area contributed by atoms with Gasteiger partial charge in [-0.2, -0.15) is 0 Å². The van der Waals surface area contributed by atoms with Gasteiger partial charge in [0.05, 0.1) is 12.2 Å². The van der Waals surface area contributed by atoms with Crippen molar-refractivity contribution in [3.8, 4) is 5.75 Å². The molecule has 0 aliphatic carbocycles. The minimum atomic E-state index is -0.909. The lowest BCUT2D eigenvalue weighted by atomic mass is 9.73. The van der Waals surface area contributed by atoms with Crippen LogP contribution in [0, 0.1) is 5.92 Å². The third-order valence-corrected chi connectivity index (χ3v) is 6.44. The van der Waals surface area contributed by atoms with Crippen LogP contribution in [0.2, 0.25) is 0 Å². The van der Waals surface area contributed by atoms with Gasteiger partial charge < -0.3 is 14.7 Å². The molecule has 2 atom stereocenters. The average Bonchev–Trinajstić information content (AvgIpc) is 2.78. The molecule has 2 aromatic carbocycles. The zero-order valence-electron chi connectivity index (χ0n) is 19.0. The number of piperidine rings is 1. The standard InChI is InChI=1S/C27H39NO2/c1-4-30-25-15-13-24(14-16-25)27(29,18-17-22(2)3)26(23-11-7-5-8-12-23)21-28-19-9-6-10-20-28/h5,7-8,11-16,22,26,29H,4,6,9-10,17-21H2,1-3H3. The second-order valence-corrected chi connectivity index (χ2v) is 9.14. The van der Waals surface area contributed by atoms with Crippen LogP contribution >= 0.6 is 0 Å². The predicted octanol–water partition coefficient (Wildman–Crippen LogP) is 5.98. The third kappa shape index (κ3) is 5.86. The Morgan fingerprint density at radius 2 is 1.63 bits per heavy atom. The van der Waals surface area contributed by atoms with Crippen LogP contribution in [0.1, 0.15) is 69.9 Å². The Balaban J connectivity index is 1.98. The molecule has 0 saturated carbocycles. The summed E-state index contributed by atoms with van der Waals surface area (Å²) in [6.07, 6.45) is 5.59. The lowest BCUT2D eigenvalue weighted by Gasteiger charge is -2.41. The maximum absolute atomic E-state index is 12.3. The summed E-state index contributed by atoms with van der Waals surface area (Å²) in [6, 6.07) is 18.8. The van der Waals surface area contributed by atoms with Crippen molar-refractivity contribution >= 4 is 0 Å². The Labute approximate surface area is 183 Å². The summed E-state index contributed by atoms with van der Waals surface area (Å²) in [5.41, 5.74) is 1.31. The number of hydrogen-bond acceptors (Lipinski definition) is 3. The summed E-state index contributed by atoms with van der Waals surface area (Å²) < 4.78 is 5.65. The molecular weight excluding hydrogens is 370 g/mol. The second kappa shape index (κ2) is 11.0. The first-order valence-electron chi connectivity index (χ1n) is 11.8. The van der Waals surface area contributed by atoms with Gasteiger partial charge in [0.15, 0.2) is 0 Å². The smallest absolute Gasteiger partial charge is 0.119 e. The van der Waals surface area contributed by atoms with Gasteiger partial charge in [-0.1, -0.05) is 62.7 Å². The molecule has 1 heterocycles. The Kier molecular flexibility index (Phi) is 8.35. The lowest BCUT2D eigenvalue weighted by molar-refractivity contribution is -0.0187. The van der Waals surface area contributed by atoms with Crippen LogP contribution in [0.15, 0.2) is 54.6 Å². The van der Waals surface area contributed by atoms with E-state index in [2.05, 4.69) is 61.2 Å². The molecule has 1 aliphatic rings. The molecule has 2 unspecified atom stereocenters. The molecule has 2 aromatic rings. The lowest BCUT2D eigenvalue weighted by Crippen LogP contribution is -2.43. The SMILES string of the molecule is CCOc1ccc(C(O)(CCC(C)C)C(CN2CCCCC2)c2ccccc2)cc1. The van der Waals surface area contributed by atoms with Crippen LogP contribution in [0.4, 0.5) is 0 Å². The highest BCUT2D eigenvalue weighted by molar-refractivity contribution is 5.35. The molecule has 1 saturated heterocycles. The number of nitrogens with zero attached hydrogens (tertiary/aromatic N) is 1. The van der Waals surface area contributed by atoms with Gasteiger partial charge in [0.1, 0.15) is 5.75 Å². The molecule has 0 bridgehead atoms. The molecule has 1 aliphatic heterocycles. The van der Waals surface area contributed by atoms with Gasteiger partial charge in [0.2, 0.25) is 0 Å². The Morgan fingerprint density at radius 1 is 0.967 bits per heavy atom. The normalized spacial score (nSPS) is 18.2. The summed E-state index contributed by atoms with van der Waals surface area (Å²) >= 11 is 0. The fourth-order valence-corrected chi connectivity index (χ4v) is 4.65. The number of hydrogen-bond donors (Lipinski definition) is 1. The van der Waals surface area contributed by atoms with E-state index in [0.717, 1.165) is 43.8 Å². The minimum Gasteiger partial charge on any atom is -0.494 e. The molecule has 30 heavy (non-hydrogen) atoms. The zero-order valence-corrected chi connectivity index (χ0v) is 19.0. The largest absolute Gasteiger partial charge is 0.494 e. The number of likely N-dealkylation sites (tertiary alicyclic amines) is 1. The molecule has 0 spiro atoms.